The van der Waals surface area contributed by atoms with Crippen molar-refractivity contribution in [3.05, 3.63) is 11.1 Å². The van der Waals surface area contributed by atoms with Gasteiger partial charge in [0.1, 0.15) is 36.6 Å². The number of fused-ring (bicyclic) bond motifs is 9. The first kappa shape index (κ1) is 29.6. The number of epoxide rings is 2. The summed E-state index contributed by atoms with van der Waals surface area (Å²) in [5, 5.41) is 35.6. The standard InChI is InChI=1S/C32H44O11/c1-12-16(11-39-29(12)37)7-19(35)13(2)24-20(36)8-17-23-18(9-22(30(17,24)5)40-14(3)33)31(6)27(41-15(4)34)25-21(42-25)10-32(31,38)28-26(23)43-28/h13,17-28,35-36,38H,7-11H2,1-6H3. The monoisotopic (exact) mass is 604 g/mol. The Morgan fingerprint density at radius 1 is 1.07 bits per heavy atom. The van der Waals surface area contributed by atoms with Gasteiger partial charge in [0.15, 0.2) is 0 Å². The molecular weight excluding hydrogens is 560 g/mol. The van der Waals surface area contributed by atoms with Crippen LogP contribution in [-0.4, -0.2) is 94.3 Å². The molecule has 11 nitrogen and oxygen atoms in total. The summed E-state index contributed by atoms with van der Waals surface area (Å²) in [4.78, 5) is 36.9. The molecule has 0 bridgehead atoms. The molecule has 11 heteroatoms. The molecule has 0 spiro atoms. The van der Waals surface area contributed by atoms with E-state index in [0.717, 1.165) is 5.57 Å². The molecule has 2 saturated heterocycles. The van der Waals surface area contributed by atoms with E-state index in [0.29, 0.717) is 24.8 Å². The van der Waals surface area contributed by atoms with Gasteiger partial charge in [0.25, 0.3) is 0 Å². The smallest absolute Gasteiger partial charge is 0.334 e. The molecule has 4 saturated carbocycles. The van der Waals surface area contributed by atoms with Gasteiger partial charge in [-0.05, 0) is 61.3 Å². The summed E-state index contributed by atoms with van der Waals surface area (Å²) in [6.45, 7) is 10.5. The summed E-state index contributed by atoms with van der Waals surface area (Å²) < 4.78 is 29.5. The number of hydrogen-bond acceptors (Lipinski definition) is 11. The van der Waals surface area contributed by atoms with E-state index in [1.165, 1.54) is 13.8 Å². The fraction of sp³-hybridized carbons (Fsp3) is 0.844. The van der Waals surface area contributed by atoms with Crippen molar-refractivity contribution in [3.63, 3.8) is 0 Å². The van der Waals surface area contributed by atoms with Gasteiger partial charge >= 0.3 is 17.9 Å². The highest BCUT2D eigenvalue weighted by Crippen LogP contribution is 2.74. The van der Waals surface area contributed by atoms with Crippen LogP contribution in [0.3, 0.4) is 0 Å². The number of cyclic esters (lactones) is 1. The van der Waals surface area contributed by atoms with Gasteiger partial charge in [0.05, 0.1) is 24.4 Å². The molecule has 4 aliphatic carbocycles. The maximum atomic E-state index is 12.6. The summed E-state index contributed by atoms with van der Waals surface area (Å²) >= 11 is 0. The second-order valence-electron chi connectivity index (χ2n) is 14.9. The molecular formula is C32H44O11. The molecule has 16 atom stereocenters. The topological polar surface area (TPSA) is 165 Å². The Bertz CT molecular complexity index is 1280. The normalized spacial score (nSPS) is 52.0. The lowest BCUT2D eigenvalue weighted by molar-refractivity contribution is -0.250. The maximum absolute atomic E-state index is 12.6. The first-order chi connectivity index (χ1) is 20.1. The van der Waals surface area contributed by atoms with E-state index in [1.54, 1.807) is 6.92 Å². The lowest BCUT2D eigenvalue weighted by Gasteiger charge is -2.63. The highest BCUT2D eigenvalue weighted by molar-refractivity contribution is 5.91. The van der Waals surface area contributed by atoms with Crippen LogP contribution in [0.2, 0.25) is 0 Å². The van der Waals surface area contributed by atoms with Gasteiger partial charge in [-0.15, -0.1) is 0 Å². The zero-order chi connectivity index (χ0) is 31.0. The number of carbonyl (C=O) groups excluding carboxylic acids is 3. The third-order valence-corrected chi connectivity index (χ3v) is 13.1. The summed E-state index contributed by atoms with van der Waals surface area (Å²) in [6.07, 6.45) is -2.75. The number of aliphatic hydroxyl groups is 3. The van der Waals surface area contributed by atoms with Crippen LogP contribution in [0.5, 0.6) is 0 Å². The number of aliphatic hydroxyl groups excluding tert-OH is 2. The quantitative estimate of drug-likeness (QED) is 0.228. The minimum atomic E-state index is -1.29. The summed E-state index contributed by atoms with van der Waals surface area (Å²) in [6, 6.07) is 0. The third-order valence-electron chi connectivity index (χ3n) is 13.1. The van der Waals surface area contributed by atoms with Crippen molar-refractivity contribution in [2.24, 2.45) is 40.4 Å². The lowest BCUT2D eigenvalue weighted by atomic mass is 9.41. The van der Waals surface area contributed by atoms with Crippen molar-refractivity contribution < 1.29 is 53.4 Å². The van der Waals surface area contributed by atoms with Crippen molar-refractivity contribution >= 4 is 17.9 Å². The summed E-state index contributed by atoms with van der Waals surface area (Å²) in [5.74, 6) is -2.60. The van der Waals surface area contributed by atoms with Gasteiger partial charge < -0.3 is 39.0 Å². The van der Waals surface area contributed by atoms with Crippen molar-refractivity contribution in [3.8, 4) is 0 Å². The molecule has 43 heavy (non-hydrogen) atoms. The van der Waals surface area contributed by atoms with E-state index >= 15 is 0 Å². The fourth-order valence-electron chi connectivity index (χ4n) is 10.9. The van der Waals surface area contributed by atoms with Crippen LogP contribution in [0.4, 0.5) is 0 Å². The zero-order valence-electron chi connectivity index (χ0n) is 25.6. The number of hydrogen-bond donors (Lipinski definition) is 3. The largest absolute Gasteiger partial charge is 0.462 e. The molecule has 0 aromatic carbocycles. The molecule has 0 aromatic rings. The highest BCUT2D eigenvalue weighted by Gasteiger charge is 2.83. The van der Waals surface area contributed by atoms with E-state index < -0.39 is 70.7 Å². The van der Waals surface area contributed by atoms with Crippen LogP contribution in [0.1, 0.15) is 67.2 Å². The number of rotatable bonds is 6. The van der Waals surface area contributed by atoms with Crippen LogP contribution in [0.15, 0.2) is 11.1 Å². The second kappa shape index (κ2) is 9.48. The van der Waals surface area contributed by atoms with Gasteiger partial charge in [-0.2, -0.15) is 0 Å². The predicted octanol–water partition coefficient (Wildman–Crippen LogP) is 1.44. The van der Waals surface area contributed by atoms with Crippen molar-refractivity contribution in [1.29, 1.82) is 0 Å². The molecule has 3 heterocycles. The first-order valence-corrected chi connectivity index (χ1v) is 15.7. The maximum Gasteiger partial charge on any atom is 0.334 e. The molecule has 0 radical (unpaired) electrons. The Morgan fingerprint density at radius 3 is 2.40 bits per heavy atom. The number of esters is 3. The highest BCUT2D eigenvalue weighted by atomic mass is 16.6. The third kappa shape index (κ3) is 3.93. The molecule has 7 rings (SSSR count). The molecule has 238 valence electrons. The van der Waals surface area contributed by atoms with Crippen molar-refractivity contribution in [2.45, 2.75) is 122 Å². The van der Waals surface area contributed by atoms with Crippen LogP contribution in [0.25, 0.3) is 0 Å². The Labute approximate surface area is 251 Å². The van der Waals surface area contributed by atoms with E-state index in [9.17, 15) is 29.7 Å². The second-order valence-corrected chi connectivity index (χ2v) is 14.9. The van der Waals surface area contributed by atoms with Crippen LogP contribution in [-0.2, 0) is 38.1 Å². The lowest BCUT2D eigenvalue weighted by Crippen LogP contribution is -2.72. The molecule has 16 unspecified atom stereocenters. The summed E-state index contributed by atoms with van der Waals surface area (Å²) in [5.41, 5.74) is -1.69. The molecule has 3 aliphatic heterocycles. The summed E-state index contributed by atoms with van der Waals surface area (Å²) in [7, 11) is 0. The van der Waals surface area contributed by atoms with Gasteiger partial charge in [-0.3, -0.25) is 9.59 Å². The van der Waals surface area contributed by atoms with E-state index in [-0.39, 0.29) is 55.1 Å². The van der Waals surface area contributed by atoms with E-state index in [1.807, 2.05) is 13.8 Å². The Kier molecular flexibility index (Phi) is 6.54. The van der Waals surface area contributed by atoms with E-state index in [2.05, 4.69) is 6.92 Å². The van der Waals surface area contributed by atoms with Crippen molar-refractivity contribution in [2.75, 3.05) is 6.61 Å². The van der Waals surface area contributed by atoms with Gasteiger partial charge in [0.2, 0.25) is 0 Å². The van der Waals surface area contributed by atoms with Crippen molar-refractivity contribution in [1.82, 2.24) is 0 Å². The fourth-order valence-corrected chi connectivity index (χ4v) is 10.9. The average Bonchev–Trinajstić information content (AvgIpc) is 3.82. The predicted molar refractivity (Wildman–Crippen MR) is 147 cm³/mol. The number of carbonyl (C=O) groups is 3. The van der Waals surface area contributed by atoms with Gasteiger partial charge in [-0.25, -0.2) is 4.79 Å². The van der Waals surface area contributed by atoms with Crippen LogP contribution >= 0.6 is 0 Å². The van der Waals surface area contributed by atoms with Crippen LogP contribution in [0, 0.1) is 40.4 Å². The SMILES string of the molecule is CC(=O)OC1CC2C(C3OC3C3(O)CC4OC4C(OC(C)=O)C23C)C2CC(O)C(C(C)C(O)CC3=C(C)C(=O)OC3)C12C. The molecule has 0 aromatic heterocycles. The Hall–Kier alpha value is -2.05. The van der Waals surface area contributed by atoms with Crippen LogP contribution < -0.4 is 0 Å². The average molecular weight is 605 g/mol. The van der Waals surface area contributed by atoms with E-state index in [4.69, 9.17) is 23.7 Å². The van der Waals surface area contributed by atoms with Gasteiger partial charge in [0, 0.05) is 36.7 Å². The molecule has 6 fully saturated rings. The Morgan fingerprint density at radius 2 is 1.77 bits per heavy atom. The molecule has 0 amide bonds. The zero-order valence-corrected chi connectivity index (χ0v) is 25.6. The minimum Gasteiger partial charge on any atom is -0.462 e. The molecule has 7 aliphatic rings. The number of ether oxygens (including phenoxy) is 5. The molecule has 3 N–H and O–H groups in total. The minimum absolute atomic E-state index is 0.102. The Balaban J connectivity index is 1.27. The van der Waals surface area contributed by atoms with Gasteiger partial charge in [-0.1, -0.05) is 20.8 Å². The first-order valence-electron chi connectivity index (χ1n) is 15.7.